The molecule has 0 atom stereocenters. The second kappa shape index (κ2) is 4.81. The van der Waals surface area contributed by atoms with Crippen molar-refractivity contribution in [2.24, 2.45) is 5.92 Å². The molecule has 64 valence electrons. The molecule has 1 saturated carbocycles. The molecule has 0 saturated heterocycles. The van der Waals surface area contributed by atoms with Crippen LogP contribution in [0.3, 0.4) is 0 Å². The van der Waals surface area contributed by atoms with Crippen LogP contribution < -0.4 is 0 Å². The SMILES string of the molecule is CSC(=O)CC1CCCCC1. The Hall–Kier alpha value is 0.0200. The highest BCUT2D eigenvalue weighted by Gasteiger charge is 2.15. The predicted molar refractivity (Wildman–Crippen MR) is 49.7 cm³/mol. The largest absolute Gasteiger partial charge is 0.287 e. The van der Waals surface area contributed by atoms with Crippen molar-refractivity contribution in [2.75, 3.05) is 6.26 Å². The molecular weight excluding hydrogens is 156 g/mol. The first kappa shape index (κ1) is 9.11. The smallest absolute Gasteiger partial charge is 0.188 e. The molecule has 0 spiro atoms. The molecule has 1 aliphatic carbocycles. The number of hydrogen-bond donors (Lipinski definition) is 0. The van der Waals surface area contributed by atoms with E-state index in [1.807, 2.05) is 6.26 Å². The highest BCUT2D eigenvalue weighted by atomic mass is 32.2. The fourth-order valence-corrected chi connectivity index (χ4v) is 2.11. The molecule has 1 nitrogen and oxygen atoms in total. The summed E-state index contributed by atoms with van der Waals surface area (Å²) in [4.78, 5) is 11.0. The molecule has 0 amide bonds. The van der Waals surface area contributed by atoms with Crippen LogP contribution >= 0.6 is 11.8 Å². The highest BCUT2D eigenvalue weighted by Crippen LogP contribution is 2.27. The minimum Gasteiger partial charge on any atom is -0.287 e. The van der Waals surface area contributed by atoms with Crippen LogP contribution in [0.4, 0.5) is 0 Å². The van der Waals surface area contributed by atoms with E-state index < -0.39 is 0 Å². The minimum atomic E-state index is 0.372. The summed E-state index contributed by atoms with van der Waals surface area (Å²) in [5, 5.41) is 0.372. The molecule has 0 unspecified atom stereocenters. The quantitative estimate of drug-likeness (QED) is 0.637. The maximum Gasteiger partial charge on any atom is 0.188 e. The van der Waals surface area contributed by atoms with Gasteiger partial charge in [-0.2, -0.15) is 0 Å². The Kier molecular flexibility index (Phi) is 3.98. The Morgan fingerprint density at radius 3 is 2.55 bits per heavy atom. The van der Waals surface area contributed by atoms with Gasteiger partial charge in [0.25, 0.3) is 0 Å². The second-order valence-electron chi connectivity index (χ2n) is 3.28. The Bertz CT molecular complexity index is 128. The molecule has 0 N–H and O–H groups in total. The fourth-order valence-electron chi connectivity index (χ4n) is 1.71. The highest BCUT2D eigenvalue weighted by molar-refractivity contribution is 8.13. The van der Waals surface area contributed by atoms with Gasteiger partial charge in [0.1, 0.15) is 0 Å². The lowest BCUT2D eigenvalue weighted by atomic mass is 9.87. The number of carbonyl (C=O) groups excluding carboxylic acids is 1. The van der Waals surface area contributed by atoms with E-state index in [4.69, 9.17) is 0 Å². The molecule has 1 aliphatic rings. The van der Waals surface area contributed by atoms with Crippen LogP contribution in [-0.2, 0) is 4.79 Å². The average Bonchev–Trinajstić information content (AvgIpc) is 2.06. The third kappa shape index (κ3) is 3.28. The molecule has 0 aromatic rings. The lowest BCUT2D eigenvalue weighted by Gasteiger charge is -2.19. The van der Waals surface area contributed by atoms with Crippen LogP contribution in [0.15, 0.2) is 0 Å². The van der Waals surface area contributed by atoms with Crippen molar-refractivity contribution in [1.82, 2.24) is 0 Å². The Morgan fingerprint density at radius 2 is 2.00 bits per heavy atom. The standard InChI is InChI=1S/C9H16OS/c1-11-9(10)7-8-5-3-2-4-6-8/h8H,2-7H2,1H3. The summed E-state index contributed by atoms with van der Waals surface area (Å²) in [5.41, 5.74) is 0. The molecule has 1 fully saturated rings. The molecule has 0 radical (unpaired) electrons. The average molecular weight is 172 g/mol. The summed E-state index contributed by atoms with van der Waals surface area (Å²) in [6.07, 6.45) is 9.33. The summed E-state index contributed by atoms with van der Waals surface area (Å²) in [5.74, 6) is 0.712. The van der Waals surface area contributed by atoms with Crippen LogP contribution in [0.5, 0.6) is 0 Å². The van der Waals surface area contributed by atoms with Gasteiger partial charge < -0.3 is 0 Å². The van der Waals surface area contributed by atoms with Crippen molar-refractivity contribution in [1.29, 1.82) is 0 Å². The van der Waals surface area contributed by atoms with E-state index in [-0.39, 0.29) is 0 Å². The molecule has 0 bridgehead atoms. The number of hydrogen-bond acceptors (Lipinski definition) is 2. The fraction of sp³-hybridized carbons (Fsp3) is 0.889. The first-order chi connectivity index (χ1) is 5.33. The minimum absolute atomic E-state index is 0.372. The topological polar surface area (TPSA) is 17.1 Å². The third-order valence-corrected chi connectivity index (χ3v) is 3.03. The molecule has 2 heteroatoms. The molecule has 0 aliphatic heterocycles. The Morgan fingerprint density at radius 1 is 1.36 bits per heavy atom. The van der Waals surface area contributed by atoms with Crippen LogP contribution in [0, 0.1) is 5.92 Å². The zero-order chi connectivity index (χ0) is 8.10. The lowest BCUT2D eigenvalue weighted by molar-refractivity contribution is -0.111. The molecule has 0 heterocycles. The van der Waals surface area contributed by atoms with Gasteiger partial charge in [-0.15, -0.1) is 0 Å². The maximum atomic E-state index is 11.0. The third-order valence-electron chi connectivity index (χ3n) is 2.41. The van der Waals surface area contributed by atoms with E-state index in [1.54, 1.807) is 0 Å². The molecule has 11 heavy (non-hydrogen) atoms. The van der Waals surface area contributed by atoms with Crippen molar-refractivity contribution >= 4 is 16.9 Å². The summed E-state index contributed by atoms with van der Waals surface area (Å²) in [6.45, 7) is 0. The molecular formula is C9H16OS. The first-order valence-electron chi connectivity index (χ1n) is 4.39. The van der Waals surface area contributed by atoms with Gasteiger partial charge in [-0.25, -0.2) is 0 Å². The van der Waals surface area contributed by atoms with E-state index >= 15 is 0 Å². The summed E-state index contributed by atoms with van der Waals surface area (Å²) in [6, 6.07) is 0. The van der Waals surface area contributed by atoms with Crippen LogP contribution in [-0.4, -0.2) is 11.4 Å². The zero-order valence-corrected chi connectivity index (χ0v) is 7.95. The zero-order valence-electron chi connectivity index (χ0n) is 7.14. The van der Waals surface area contributed by atoms with E-state index in [9.17, 15) is 4.79 Å². The van der Waals surface area contributed by atoms with Crippen molar-refractivity contribution in [2.45, 2.75) is 38.5 Å². The monoisotopic (exact) mass is 172 g/mol. The van der Waals surface area contributed by atoms with Gasteiger partial charge in [-0.05, 0) is 25.0 Å². The van der Waals surface area contributed by atoms with E-state index in [2.05, 4.69) is 0 Å². The Labute approximate surface area is 72.9 Å². The van der Waals surface area contributed by atoms with E-state index in [0.717, 1.165) is 6.42 Å². The summed E-state index contributed by atoms with van der Waals surface area (Å²) >= 11 is 1.38. The predicted octanol–water partition coefficient (Wildman–Crippen LogP) is 2.85. The van der Waals surface area contributed by atoms with Gasteiger partial charge in [0, 0.05) is 6.42 Å². The van der Waals surface area contributed by atoms with E-state index in [1.165, 1.54) is 43.9 Å². The summed E-state index contributed by atoms with van der Waals surface area (Å²) < 4.78 is 0. The first-order valence-corrected chi connectivity index (χ1v) is 5.62. The maximum absolute atomic E-state index is 11.0. The van der Waals surface area contributed by atoms with Crippen molar-refractivity contribution < 1.29 is 4.79 Å². The number of carbonyl (C=O) groups is 1. The molecule has 0 aromatic carbocycles. The Balaban J connectivity index is 2.19. The van der Waals surface area contributed by atoms with Gasteiger partial charge in [-0.3, -0.25) is 4.79 Å². The van der Waals surface area contributed by atoms with Gasteiger partial charge in [0.05, 0.1) is 0 Å². The van der Waals surface area contributed by atoms with Gasteiger partial charge in [0.2, 0.25) is 0 Å². The lowest BCUT2D eigenvalue weighted by Crippen LogP contribution is -2.09. The number of thioether (sulfide) groups is 1. The van der Waals surface area contributed by atoms with Crippen molar-refractivity contribution in [3.63, 3.8) is 0 Å². The summed E-state index contributed by atoms with van der Waals surface area (Å²) in [7, 11) is 0. The second-order valence-corrected chi connectivity index (χ2v) is 4.15. The van der Waals surface area contributed by atoms with Gasteiger partial charge in [-0.1, -0.05) is 31.0 Å². The normalized spacial score (nSPS) is 20.1. The van der Waals surface area contributed by atoms with Crippen LogP contribution in [0.1, 0.15) is 38.5 Å². The number of rotatable bonds is 2. The van der Waals surface area contributed by atoms with Crippen molar-refractivity contribution in [3.8, 4) is 0 Å². The van der Waals surface area contributed by atoms with Gasteiger partial charge in [0.15, 0.2) is 5.12 Å². The van der Waals surface area contributed by atoms with Gasteiger partial charge >= 0.3 is 0 Å². The molecule has 1 rings (SSSR count). The van der Waals surface area contributed by atoms with Crippen LogP contribution in [0.25, 0.3) is 0 Å². The van der Waals surface area contributed by atoms with Crippen LogP contribution in [0.2, 0.25) is 0 Å². The van der Waals surface area contributed by atoms with Crippen molar-refractivity contribution in [3.05, 3.63) is 0 Å². The molecule has 0 aromatic heterocycles. The van der Waals surface area contributed by atoms with E-state index in [0.29, 0.717) is 11.0 Å².